The van der Waals surface area contributed by atoms with Gasteiger partial charge < -0.3 is 20.1 Å². The highest BCUT2D eigenvalue weighted by atomic mass is 32.1. The van der Waals surface area contributed by atoms with Crippen LogP contribution in [0.4, 0.5) is 13.2 Å². The minimum absolute atomic E-state index is 0.0568. The lowest BCUT2D eigenvalue weighted by Crippen LogP contribution is -2.42. The van der Waals surface area contributed by atoms with Crippen molar-refractivity contribution in [1.82, 2.24) is 4.90 Å². The Kier molecular flexibility index (Phi) is 7.69. The van der Waals surface area contributed by atoms with Gasteiger partial charge in [0.1, 0.15) is 28.5 Å². The predicted octanol–water partition coefficient (Wildman–Crippen LogP) is 4.90. The molecule has 0 saturated carbocycles. The van der Waals surface area contributed by atoms with Crippen LogP contribution in [-0.2, 0) is 11.2 Å². The molecule has 0 radical (unpaired) electrons. The van der Waals surface area contributed by atoms with Crippen LogP contribution in [0.15, 0.2) is 53.9 Å². The maximum atomic E-state index is 12.7. The number of benzene rings is 2. The summed E-state index contributed by atoms with van der Waals surface area (Å²) in [7, 11) is 0. The highest BCUT2D eigenvalue weighted by Gasteiger charge is 2.31. The second-order valence-electron chi connectivity index (χ2n) is 8.45. The van der Waals surface area contributed by atoms with Crippen molar-refractivity contribution >= 4 is 23.2 Å². The van der Waals surface area contributed by atoms with Crippen molar-refractivity contribution in [1.29, 1.82) is 5.26 Å². The number of halogens is 3. The third-order valence-electron chi connectivity index (χ3n) is 5.89. The highest BCUT2D eigenvalue weighted by molar-refractivity contribution is 7.10. The quantitative estimate of drug-likeness (QED) is 0.469. The molecule has 0 unspecified atom stereocenters. The van der Waals surface area contributed by atoms with E-state index in [0.29, 0.717) is 42.1 Å². The Hall–Kier alpha value is -4.04. The molecule has 0 bridgehead atoms. The van der Waals surface area contributed by atoms with E-state index in [1.807, 2.05) is 5.38 Å². The Morgan fingerprint density at radius 3 is 2.38 bits per heavy atom. The van der Waals surface area contributed by atoms with E-state index in [2.05, 4.69) is 10.8 Å². The van der Waals surface area contributed by atoms with Crippen LogP contribution < -0.4 is 15.2 Å². The first-order chi connectivity index (χ1) is 17.6. The Morgan fingerprint density at radius 1 is 1.08 bits per heavy atom. The number of rotatable bonds is 7. The van der Waals surface area contributed by atoms with Gasteiger partial charge >= 0.3 is 6.36 Å². The molecule has 3 aromatic rings. The second kappa shape index (κ2) is 10.9. The maximum Gasteiger partial charge on any atom is 0.573 e. The average molecular weight is 530 g/mol. The summed E-state index contributed by atoms with van der Waals surface area (Å²) in [6.07, 6.45) is -3.85. The van der Waals surface area contributed by atoms with E-state index in [1.165, 1.54) is 35.6 Å². The highest BCUT2D eigenvalue weighted by Crippen LogP contribution is 2.31. The fourth-order valence-electron chi connectivity index (χ4n) is 4.05. The summed E-state index contributed by atoms with van der Waals surface area (Å²) >= 11 is 1.31. The molecule has 2 heterocycles. The van der Waals surface area contributed by atoms with E-state index in [0.717, 1.165) is 11.1 Å². The van der Waals surface area contributed by atoms with E-state index in [9.17, 15) is 22.8 Å². The first-order valence-corrected chi connectivity index (χ1v) is 12.2. The standard InChI is InChI=1S/C26H22F3N3O4S/c27-26(28,29)36-20-4-1-16(2-5-20)11-24(33)32-9-7-19(8-10-32)35-23-6-3-17(13-22(23)25(31)34)18-12-21(14-30)37-15-18/h1-6,12-13,15,19H,7-11H2,(H2,31,34). The molecule has 4 rings (SSSR count). The summed E-state index contributed by atoms with van der Waals surface area (Å²) in [5.74, 6) is -0.755. The number of carbonyl (C=O) groups excluding carboxylic acids is 2. The molecule has 1 aliphatic rings. The van der Waals surface area contributed by atoms with Crippen LogP contribution in [0.25, 0.3) is 11.1 Å². The van der Waals surface area contributed by atoms with Crippen molar-refractivity contribution in [3.05, 3.63) is 69.9 Å². The Labute approximate surface area is 214 Å². The third kappa shape index (κ3) is 6.80. The van der Waals surface area contributed by atoms with E-state index >= 15 is 0 Å². The molecule has 0 spiro atoms. The van der Waals surface area contributed by atoms with Crippen molar-refractivity contribution in [2.24, 2.45) is 5.73 Å². The summed E-state index contributed by atoms with van der Waals surface area (Å²) in [6.45, 7) is 0.878. The second-order valence-corrected chi connectivity index (χ2v) is 9.36. The number of hydrogen-bond acceptors (Lipinski definition) is 6. The summed E-state index contributed by atoms with van der Waals surface area (Å²) in [4.78, 5) is 27.0. The van der Waals surface area contributed by atoms with Crippen molar-refractivity contribution < 1.29 is 32.2 Å². The number of likely N-dealkylation sites (tertiary alicyclic amines) is 1. The first-order valence-electron chi connectivity index (χ1n) is 11.3. The lowest BCUT2D eigenvalue weighted by molar-refractivity contribution is -0.274. The van der Waals surface area contributed by atoms with E-state index in [-0.39, 0.29) is 29.7 Å². The van der Waals surface area contributed by atoms with Crippen LogP contribution in [0.1, 0.15) is 33.6 Å². The fraction of sp³-hybridized carbons (Fsp3) is 0.269. The van der Waals surface area contributed by atoms with Gasteiger partial charge in [0.2, 0.25) is 5.91 Å². The van der Waals surface area contributed by atoms with Crippen molar-refractivity contribution in [2.45, 2.75) is 31.7 Å². The molecule has 2 amide bonds. The Bertz CT molecular complexity index is 1320. The smallest absolute Gasteiger partial charge is 0.489 e. The summed E-state index contributed by atoms with van der Waals surface area (Å²) in [5.41, 5.74) is 7.96. The van der Waals surface area contributed by atoms with Gasteiger partial charge in [-0.3, -0.25) is 9.59 Å². The maximum absolute atomic E-state index is 12.7. The zero-order valence-electron chi connectivity index (χ0n) is 19.5. The van der Waals surface area contributed by atoms with Gasteiger partial charge in [0, 0.05) is 25.9 Å². The minimum atomic E-state index is -4.77. The van der Waals surface area contributed by atoms with Gasteiger partial charge in [-0.05, 0) is 52.4 Å². The SMILES string of the molecule is N#Cc1cc(-c2ccc(OC3CCN(C(=O)Cc4ccc(OC(F)(F)F)cc4)CC3)c(C(N)=O)c2)cs1. The number of hydrogen-bond donors (Lipinski definition) is 1. The van der Waals surface area contributed by atoms with Gasteiger partial charge in [-0.1, -0.05) is 18.2 Å². The number of piperidine rings is 1. The number of primary amides is 1. The minimum Gasteiger partial charge on any atom is -0.489 e. The van der Waals surface area contributed by atoms with Crippen LogP contribution in [0.3, 0.4) is 0 Å². The zero-order chi connectivity index (χ0) is 26.6. The van der Waals surface area contributed by atoms with Crippen molar-refractivity contribution in [2.75, 3.05) is 13.1 Å². The van der Waals surface area contributed by atoms with Gasteiger partial charge in [0.25, 0.3) is 5.91 Å². The lowest BCUT2D eigenvalue weighted by Gasteiger charge is -2.32. The van der Waals surface area contributed by atoms with Gasteiger partial charge in [-0.15, -0.1) is 24.5 Å². The Balaban J connectivity index is 1.33. The molecule has 1 fully saturated rings. The van der Waals surface area contributed by atoms with Crippen LogP contribution in [-0.4, -0.2) is 42.3 Å². The summed E-state index contributed by atoms with van der Waals surface area (Å²) in [6, 6.07) is 14.2. The molecule has 1 aliphatic heterocycles. The molecule has 0 aliphatic carbocycles. The summed E-state index contributed by atoms with van der Waals surface area (Å²) in [5, 5.41) is 10.9. The fourth-order valence-corrected chi connectivity index (χ4v) is 4.75. The number of carbonyl (C=O) groups is 2. The molecule has 2 N–H and O–H groups in total. The topological polar surface area (TPSA) is 106 Å². The molecule has 11 heteroatoms. The molecular formula is C26H22F3N3O4S. The predicted molar refractivity (Wildman–Crippen MR) is 130 cm³/mol. The average Bonchev–Trinajstić information content (AvgIpc) is 3.34. The van der Waals surface area contributed by atoms with Gasteiger partial charge in [0.05, 0.1) is 12.0 Å². The van der Waals surface area contributed by atoms with Crippen LogP contribution in [0, 0.1) is 11.3 Å². The van der Waals surface area contributed by atoms with Gasteiger partial charge in [0.15, 0.2) is 0 Å². The Morgan fingerprint density at radius 2 is 1.78 bits per heavy atom. The lowest BCUT2D eigenvalue weighted by atomic mass is 10.0. The number of ether oxygens (including phenoxy) is 2. The van der Waals surface area contributed by atoms with Gasteiger partial charge in [-0.25, -0.2) is 0 Å². The number of nitrogens with two attached hydrogens (primary N) is 1. The molecule has 2 aromatic carbocycles. The number of amides is 2. The number of alkyl halides is 3. The number of nitrogens with zero attached hydrogens (tertiary/aromatic N) is 2. The van der Waals surface area contributed by atoms with Crippen LogP contribution in [0.5, 0.6) is 11.5 Å². The number of nitriles is 1. The molecule has 1 saturated heterocycles. The van der Waals surface area contributed by atoms with Gasteiger partial charge in [-0.2, -0.15) is 5.26 Å². The molecule has 1 aromatic heterocycles. The van der Waals surface area contributed by atoms with E-state index in [1.54, 1.807) is 29.2 Å². The van der Waals surface area contributed by atoms with Crippen LogP contribution >= 0.6 is 11.3 Å². The zero-order valence-corrected chi connectivity index (χ0v) is 20.3. The summed E-state index contributed by atoms with van der Waals surface area (Å²) < 4.78 is 46.8. The number of thiophene rings is 1. The van der Waals surface area contributed by atoms with E-state index < -0.39 is 12.3 Å². The van der Waals surface area contributed by atoms with Crippen LogP contribution in [0.2, 0.25) is 0 Å². The normalized spacial score (nSPS) is 14.2. The first kappa shape index (κ1) is 26.0. The largest absolute Gasteiger partial charge is 0.573 e. The molecule has 7 nitrogen and oxygen atoms in total. The monoisotopic (exact) mass is 529 g/mol. The molecule has 0 atom stereocenters. The van der Waals surface area contributed by atoms with Crippen molar-refractivity contribution in [3.63, 3.8) is 0 Å². The third-order valence-corrected chi connectivity index (χ3v) is 6.72. The molecular weight excluding hydrogens is 507 g/mol. The molecule has 192 valence electrons. The van der Waals surface area contributed by atoms with Crippen molar-refractivity contribution in [3.8, 4) is 28.7 Å². The molecule has 37 heavy (non-hydrogen) atoms. The van der Waals surface area contributed by atoms with E-state index in [4.69, 9.17) is 15.7 Å².